The Hall–Kier alpha value is -4.05. The van der Waals surface area contributed by atoms with E-state index in [1.807, 2.05) is 42.5 Å². The van der Waals surface area contributed by atoms with Crippen LogP contribution in [0.5, 0.6) is 11.5 Å². The molecule has 1 aliphatic heterocycles. The summed E-state index contributed by atoms with van der Waals surface area (Å²) in [4.78, 5) is 42.4. The summed E-state index contributed by atoms with van der Waals surface area (Å²) >= 11 is 0. The lowest BCUT2D eigenvalue weighted by atomic mass is 10.1. The molecular formula is C25H28N4O6. The number of carbonyl (C=O) groups is 1. The Bertz CT molecular complexity index is 1300. The molecular weight excluding hydrogens is 452 g/mol. The number of hydrogen-bond acceptors (Lipinski definition) is 7. The van der Waals surface area contributed by atoms with E-state index in [9.17, 15) is 14.4 Å². The predicted octanol–water partition coefficient (Wildman–Crippen LogP) is 1.90. The second-order valence-corrected chi connectivity index (χ2v) is 8.14. The van der Waals surface area contributed by atoms with Gasteiger partial charge in [0.05, 0.1) is 6.54 Å². The Kier molecular flexibility index (Phi) is 7.51. The van der Waals surface area contributed by atoms with Crippen molar-refractivity contribution in [1.82, 2.24) is 9.55 Å². The number of nitrogens with one attached hydrogen (secondary N) is 1. The maximum absolute atomic E-state index is 13.3. The second kappa shape index (κ2) is 10.9. The SMILES string of the molecule is COCCCN(C(=O)CCc1ccc2c(c1)OCO2)c1c(N)n(Cc2ccccc2)c(=O)[nH]c1=O. The minimum absolute atomic E-state index is 0.0349. The van der Waals surface area contributed by atoms with Crippen molar-refractivity contribution in [2.24, 2.45) is 0 Å². The zero-order chi connectivity index (χ0) is 24.8. The van der Waals surface area contributed by atoms with Crippen LogP contribution < -0.4 is 31.4 Å². The number of H-pyrrole nitrogens is 1. The highest BCUT2D eigenvalue weighted by Gasteiger charge is 2.24. The number of anilines is 2. The zero-order valence-electron chi connectivity index (χ0n) is 19.5. The number of aryl methyl sites for hydroxylation is 1. The number of ether oxygens (including phenoxy) is 3. The molecule has 0 radical (unpaired) electrons. The monoisotopic (exact) mass is 480 g/mol. The molecule has 0 fully saturated rings. The van der Waals surface area contributed by atoms with Gasteiger partial charge in [0.1, 0.15) is 5.82 Å². The van der Waals surface area contributed by atoms with E-state index in [4.69, 9.17) is 19.9 Å². The van der Waals surface area contributed by atoms with Crippen molar-refractivity contribution >= 4 is 17.4 Å². The van der Waals surface area contributed by atoms with Crippen molar-refractivity contribution < 1.29 is 19.0 Å². The molecule has 2 heterocycles. The zero-order valence-corrected chi connectivity index (χ0v) is 19.5. The molecule has 4 rings (SSSR count). The fraction of sp³-hybridized carbons (Fsp3) is 0.320. The van der Waals surface area contributed by atoms with E-state index in [2.05, 4.69) is 4.98 Å². The summed E-state index contributed by atoms with van der Waals surface area (Å²) in [6, 6.07) is 14.8. The van der Waals surface area contributed by atoms with Gasteiger partial charge in [-0.05, 0) is 36.1 Å². The van der Waals surface area contributed by atoms with E-state index in [-0.39, 0.29) is 43.7 Å². The van der Waals surface area contributed by atoms with Gasteiger partial charge in [-0.25, -0.2) is 4.79 Å². The number of fused-ring (bicyclic) bond motifs is 1. The number of amides is 1. The molecule has 35 heavy (non-hydrogen) atoms. The molecule has 184 valence electrons. The van der Waals surface area contributed by atoms with E-state index in [0.717, 1.165) is 11.1 Å². The van der Waals surface area contributed by atoms with Crippen molar-refractivity contribution in [2.75, 3.05) is 37.7 Å². The Balaban J connectivity index is 1.61. The number of nitrogen functional groups attached to an aromatic ring is 1. The highest BCUT2D eigenvalue weighted by molar-refractivity contribution is 5.95. The van der Waals surface area contributed by atoms with Crippen molar-refractivity contribution in [3.8, 4) is 11.5 Å². The van der Waals surface area contributed by atoms with Gasteiger partial charge in [-0.3, -0.25) is 19.1 Å². The number of nitrogens with zero attached hydrogens (tertiary/aromatic N) is 2. The number of aromatic nitrogens is 2. The Morgan fingerprint density at radius 3 is 2.66 bits per heavy atom. The standard InChI is InChI=1S/C25H28N4O6/c1-33-13-5-12-28(21(30)11-9-17-8-10-19-20(14-17)35-16-34-19)22-23(26)29(25(32)27-24(22)31)15-18-6-3-2-4-7-18/h2-4,6-8,10,14H,5,9,11-13,15-16,26H2,1H3,(H,27,31,32). The first-order valence-electron chi connectivity index (χ1n) is 11.3. The van der Waals surface area contributed by atoms with Crippen LogP contribution in [0.4, 0.5) is 11.5 Å². The predicted molar refractivity (Wildman–Crippen MR) is 131 cm³/mol. The number of nitrogens with two attached hydrogens (primary N) is 1. The second-order valence-electron chi connectivity index (χ2n) is 8.14. The molecule has 0 saturated heterocycles. The molecule has 0 spiro atoms. The molecule has 0 bridgehead atoms. The lowest BCUT2D eigenvalue weighted by Crippen LogP contribution is -2.42. The molecule has 0 aliphatic carbocycles. The quantitative estimate of drug-likeness (QED) is 0.424. The molecule has 0 saturated carbocycles. The maximum atomic E-state index is 13.3. The maximum Gasteiger partial charge on any atom is 0.330 e. The molecule has 3 aromatic rings. The Morgan fingerprint density at radius 2 is 1.89 bits per heavy atom. The van der Waals surface area contributed by atoms with Crippen LogP contribution in [0.3, 0.4) is 0 Å². The highest BCUT2D eigenvalue weighted by Crippen LogP contribution is 2.33. The van der Waals surface area contributed by atoms with Crippen LogP contribution in [0.1, 0.15) is 24.0 Å². The number of hydrogen-bond donors (Lipinski definition) is 2. The van der Waals surface area contributed by atoms with Gasteiger partial charge in [-0.2, -0.15) is 0 Å². The summed E-state index contributed by atoms with van der Waals surface area (Å²) in [5.41, 5.74) is 6.69. The van der Waals surface area contributed by atoms with Gasteiger partial charge in [0.25, 0.3) is 5.56 Å². The van der Waals surface area contributed by atoms with Crippen LogP contribution >= 0.6 is 0 Å². The van der Waals surface area contributed by atoms with Crippen molar-refractivity contribution in [1.29, 1.82) is 0 Å². The summed E-state index contributed by atoms with van der Waals surface area (Å²) in [6.07, 6.45) is 1.05. The van der Waals surface area contributed by atoms with Gasteiger partial charge in [0, 0.05) is 26.7 Å². The van der Waals surface area contributed by atoms with Gasteiger partial charge in [0.2, 0.25) is 12.7 Å². The van der Waals surface area contributed by atoms with E-state index in [1.165, 1.54) is 9.47 Å². The average Bonchev–Trinajstić information content (AvgIpc) is 3.33. The third-order valence-electron chi connectivity index (χ3n) is 5.76. The first-order chi connectivity index (χ1) is 17.0. The van der Waals surface area contributed by atoms with Gasteiger partial charge < -0.3 is 24.8 Å². The summed E-state index contributed by atoms with van der Waals surface area (Å²) in [5, 5.41) is 0. The van der Waals surface area contributed by atoms with E-state index in [0.29, 0.717) is 30.9 Å². The molecule has 1 aromatic heterocycles. The summed E-state index contributed by atoms with van der Waals surface area (Å²) in [6.45, 7) is 0.941. The van der Waals surface area contributed by atoms with Crippen LogP contribution in [0.15, 0.2) is 58.1 Å². The molecule has 3 N–H and O–H groups in total. The molecule has 10 heteroatoms. The van der Waals surface area contributed by atoms with Crippen LogP contribution in [0.2, 0.25) is 0 Å². The molecule has 1 amide bonds. The Labute approximate surface area is 201 Å². The van der Waals surface area contributed by atoms with Crippen LogP contribution in [0, 0.1) is 0 Å². The first-order valence-corrected chi connectivity index (χ1v) is 11.3. The summed E-state index contributed by atoms with van der Waals surface area (Å²) in [5.74, 6) is 0.958. The van der Waals surface area contributed by atoms with Crippen molar-refractivity contribution in [3.05, 3.63) is 80.5 Å². The lowest BCUT2D eigenvalue weighted by molar-refractivity contribution is -0.118. The molecule has 1 aliphatic rings. The number of carbonyl (C=O) groups excluding carboxylic acids is 1. The highest BCUT2D eigenvalue weighted by atomic mass is 16.7. The van der Waals surface area contributed by atoms with Gasteiger partial charge in [-0.15, -0.1) is 0 Å². The molecule has 2 aromatic carbocycles. The summed E-state index contributed by atoms with van der Waals surface area (Å²) in [7, 11) is 1.56. The number of methoxy groups -OCH3 is 1. The Morgan fingerprint density at radius 1 is 1.11 bits per heavy atom. The van der Waals surface area contributed by atoms with Gasteiger partial charge in [-0.1, -0.05) is 36.4 Å². The number of rotatable bonds is 10. The van der Waals surface area contributed by atoms with Crippen LogP contribution in [0.25, 0.3) is 0 Å². The van der Waals surface area contributed by atoms with Crippen molar-refractivity contribution in [2.45, 2.75) is 25.8 Å². The normalized spacial score (nSPS) is 12.0. The fourth-order valence-corrected chi connectivity index (χ4v) is 3.97. The number of aromatic amines is 1. The van der Waals surface area contributed by atoms with Crippen LogP contribution in [-0.2, 0) is 22.5 Å². The van der Waals surface area contributed by atoms with E-state index in [1.54, 1.807) is 13.2 Å². The van der Waals surface area contributed by atoms with Crippen LogP contribution in [-0.4, -0.2) is 42.5 Å². The number of benzene rings is 2. The molecule has 10 nitrogen and oxygen atoms in total. The third-order valence-corrected chi connectivity index (χ3v) is 5.76. The van der Waals surface area contributed by atoms with E-state index < -0.39 is 11.2 Å². The minimum atomic E-state index is -0.703. The molecule has 0 atom stereocenters. The van der Waals surface area contributed by atoms with Gasteiger partial charge in [0.15, 0.2) is 17.2 Å². The minimum Gasteiger partial charge on any atom is -0.454 e. The smallest absolute Gasteiger partial charge is 0.330 e. The summed E-state index contributed by atoms with van der Waals surface area (Å²) < 4.78 is 17.1. The topological polar surface area (TPSA) is 129 Å². The average molecular weight is 481 g/mol. The fourth-order valence-electron chi connectivity index (χ4n) is 3.97. The first kappa shape index (κ1) is 24.1. The van der Waals surface area contributed by atoms with E-state index >= 15 is 0 Å². The van der Waals surface area contributed by atoms with Gasteiger partial charge >= 0.3 is 5.69 Å². The third kappa shape index (κ3) is 5.55. The van der Waals surface area contributed by atoms with Crippen molar-refractivity contribution in [3.63, 3.8) is 0 Å². The largest absolute Gasteiger partial charge is 0.454 e. The molecule has 0 unspecified atom stereocenters. The lowest BCUT2D eigenvalue weighted by Gasteiger charge is -2.24.